The second kappa shape index (κ2) is 8.48. The van der Waals surface area contributed by atoms with Crippen LogP contribution in [0.1, 0.15) is 26.3 Å². The van der Waals surface area contributed by atoms with Crippen LogP contribution in [-0.4, -0.2) is 36.6 Å². The number of hydrogen-bond donors (Lipinski definition) is 0. The number of esters is 1. The number of carbonyl (C=O) groups is 1. The third-order valence-electron chi connectivity index (χ3n) is 2.82. The second-order valence-electron chi connectivity index (χ2n) is 4.64. The van der Waals surface area contributed by atoms with Gasteiger partial charge in [-0.25, -0.2) is 0 Å². The first-order valence-electron chi connectivity index (χ1n) is 6.74. The van der Waals surface area contributed by atoms with Crippen molar-refractivity contribution < 1.29 is 9.53 Å². The zero-order valence-electron chi connectivity index (χ0n) is 12.0. The van der Waals surface area contributed by atoms with Crippen LogP contribution in [0.2, 0.25) is 0 Å². The highest BCUT2D eigenvalue weighted by Crippen LogP contribution is 2.03. The Labute approximate surface area is 115 Å². The quantitative estimate of drug-likeness (QED) is 0.707. The summed E-state index contributed by atoms with van der Waals surface area (Å²) in [6, 6.07) is 10.4. The Hall–Kier alpha value is -1.61. The van der Waals surface area contributed by atoms with Crippen LogP contribution in [0.15, 0.2) is 36.4 Å². The topological polar surface area (TPSA) is 29.5 Å². The van der Waals surface area contributed by atoms with Gasteiger partial charge in [0.05, 0.1) is 13.2 Å². The maximum Gasteiger partial charge on any atom is 0.320 e. The van der Waals surface area contributed by atoms with Crippen molar-refractivity contribution in [3.8, 4) is 0 Å². The molecule has 0 saturated carbocycles. The minimum Gasteiger partial charge on any atom is -0.465 e. The molecule has 0 aromatic heterocycles. The third-order valence-corrected chi connectivity index (χ3v) is 2.82. The average molecular weight is 261 g/mol. The zero-order chi connectivity index (χ0) is 14.1. The van der Waals surface area contributed by atoms with Crippen LogP contribution in [0.4, 0.5) is 0 Å². The number of benzene rings is 1. The van der Waals surface area contributed by atoms with Gasteiger partial charge in [-0.3, -0.25) is 9.69 Å². The van der Waals surface area contributed by atoms with E-state index in [0.717, 1.165) is 6.54 Å². The van der Waals surface area contributed by atoms with Gasteiger partial charge >= 0.3 is 5.97 Å². The Morgan fingerprint density at radius 3 is 2.58 bits per heavy atom. The summed E-state index contributed by atoms with van der Waals surface area (Å²) in [5, 5.41) is 0. The number of hydrogen-bond acceptors (Lipinski definition) is 3. The molecule has 0 amide bonds. The van der Waals surface area contributed by atoms with E-state index in [0.29, 0.717) is 19.2 Å². The Kier molecular flexibility index (Phi) is 6.90. The molecule has 104 valence electrons. The summed E-state index contributed by atoms with van der Waals surface area (Å²) in [5.74, 6) is -0.163. The van der Waals surface area contributed by atoms with Gasteiger partial charge < -0.3 is 4.74 Å². The fourth-order valence-corrected chi connectivity index (χ4v) is 1.72. The molecule has 1 aromatic rings. The zero-order valence-corrected chi connectivity index (χ0v) is 12.0. The van der Waals surface area contributed by atoms with E-state index < -0.39 is 0 Å². The molecule has 0 aliphatic rings. The minimum absolute atomic E-state index is 0.163. The molecular weight excluding hydrogens is 238 g/mol. The largest absolute Gasteiger partial charge is 0.465 e. The predicted molar refractivity (Wildman–Crippen MR) is 78.8 cm³/mol. The van der Waals surface area contributed by atoms with Crippen molar-refractivity contribution in [1.29, 1.82) is 0 Å². The standard InChI is InChI=1S/C16H23NO2/c1-4-19-16(18)13-17(14(2)3)12-8-11-15-9-6-5-7-10-15/h5-11,14H,4,12-13H2,1-3H3. The summed E-state index contributed by atoms with van der Waals surface area (Å²) in [6.45, 7) is 7.50. The van der Waals surface area contributed by atoms with Crippen LogP contribution in [0.5, 0.6) is 0 Å². The van der Waals surface area contributed by atoms with Crippen molar-refractivity contribution >= 4 is 12.0 Å². The van der Waals surface area contributed by atoms with Gasteiger partial charge in [0.1, 0.15) is 0 Å². The molecule has 0 bridgehead atoms. The first kappa shape index (κ1) is 15.4. The maximum absolute atomic E-state index is 11.5. The van der Waals surface area contributed by atoms with Gasteiger partial charge in [-0.1, -0.05) is 42.5 Å². The van der Waals surface area contributed by atoms with Crippen LogP contribution < -0.4 is 0 Å². The molecule has 0 fully saturated rings. The Bertz CT molecular complexity index is 398. The molecule has 0 aliphatic carbocycles. The molecule has 0 heterocycles. The molecule has 0 aliphatic heterocycles. The van der Waals surface area contributed by atoms with E-state index in [1.165, 1.54) is 5.56 Å². The SMILES string of the molecule is CCOC(=O)CN(CC=Cc1ccccc1)C(C)C. The Balaban J connectivity index is 2.50. The first-order valence-corrected chi connectivity index (χ1v) is 6.74. The molecule has 0 N–H and O–H groups in total. The molecule has 0 unspecified atom stereocenters. The van der Waals surface area contributed by atoms with Crippen LogP contribution in [0.3, 0.4) is 0 Å². The molecule has 3 nitrogen and oxygen atoms in total. The van der Waals surface area contributed by atoms with Crippen LogP contribution in [-0.2, 0) is 9.53 Å². The smallest absolute Gasteiger partial charge is 0.320 e. The molecule has 1 rings (SSSR count). The van der Waals surface area contributed by atoms with E-state index in [4.69, 9.17) is 4.74 Å². The summed E-state index contributed by atoms with van der Waals surface area (Å²) in [7, 11) is 0. The molecule has 1 aromatic carbocycles. The molecular formula is C16H23NO2. The molecule has 0 atom stereocenters. The second-order valence-corrected chi connectivity index (χ2v) is 4.64. The van der Waals surface area contributed by atoms with E-state index in [-0.39, 0.29) is 5.97 Å². The summed E-state index contributed by atoms with van der Waals surface area (Å²) in [4.78, 5) is 13.6. The lowest BCUT2D eigenvalue weighted by Gasteiger charge is -2.23. The van der Waals surface area contributed by atoms with E-state index in [1.807, 2.05) is 25.1 Å². The van der Waals surface area contributed by atoms with Crippen LogP contribution in [0.25, 0.3) is 6.08 Å². The van der Waals surface area contributed by atoms with E-state index in [9.17, 15) is 4.79 Å². The van der Waals surface area contributed by atoms with Gasteiger partial charge in [0, 0.05) is 12.6 Å². The van der Waals surface area contributed by atoms with Gasteiger partial charge in [0.2, 0.25) is 0 Å². The number of nitrogens with zero attached hydrogens (tertiary/aromatic N) is 1. The van der Waals surface area contributed by atoms with Crippen molar-refractivity contribution in [3.05, 3.63) is 42.0 Å². The first-order chi connectivity index (χ1) is 9.13. The fourth-order valence-electron chi connectivity index (χ4n) is 1.72. The highest BCUT2D eigenvalue weighted by atomic mass is 16.5. The maximum atomic E-state index is 11.5. The van der Waals surface area contributed by atoms with Crippen molar-refractivity contribution in [3.63, 3.8) is 0 Å². The number of ether oxygens (including phenoxy) is 1. The van der Waals surface area contributed by atoms with Crippen molar-refractivity contribution in [2.75, 3.05) is 19.7 Å². The van der Waals surface area contributed by atoms with Crippen LogP contribution >= 0.6 is 0 Å². The van der Waals surface area contributed by atoms with Gasteiger partial charge in [-0.05, 0) is 26.3 Å². The third kappa shape index (κ3) is 6.20. The fraction of sp³-hybridized carbons (Fsp3) is 0.438. The molecule has 19 heavy (non-hydrogen) atoms. The summed E-state index contributed by atoms with van der Waals surface area (Å²) < 4.78 is 4.98. The molecule has 3 heteroatoms. The average Bonchev–Trinajstić information content (AvgIpc) is 2.39. The summed E-state index contributed by atoms with van der Waals surface area (Å²) in [6.07, 6.45) is 4.15. The Morgan fingerprint density at radius 2 is 2.00 bits per heavy atom. The van der Waals surface area contributed by atoms with Crippen molar-refractivity contribution in [2.24, 2.45) is 0 Å². The molecule has 0 radical (unpaired) electrons. The lowest BCUT2D eigenvalue weighted by molar-refractivity contribution is -0.144. The normalized spacial score (nSPS) is 11.4. The lowest BCUT2D eigenvalue weighted by Crippen LogP contribution is -2.36. The van der Waals surface area contributed by atoms with Gasteiger partial charge in [-0.15, -0.1) is 0 Å². The van der Waals surface area contributed by atoms with Crippen molar-refractivity contribution in [1.82, 2.24) is 4.90 Å². The lowest BCUT2D eigenvalue weighted by atomic mass is 10.2. The Morgan fingerprint density at radius 1 is 1.32 bits per heavy atom. The number of rotatable bonds is 7. The van der Waals surface area contributed by atoms with Gasteiger partial charge in [-0.2, -0.15) is 0 Å². The van der Waals surface area contributed by atoms with E-state index >= 15 is 0 Å². The number of carbonyl (C=O) groups excluding carboxylic acids is 1. The monoisotopic (exact) mass is 261 g/mol. The summed E-state index contributed by atoms with van der Waals surface area (Å²) >= 11 is 0. The van der Waals surface area contributed by atoms with E-state index in [2.05, 4.69) is 43.0 Å². The highest BCUT2D eigenvalue weighted by molar-refractivity contribution is 5.71. The van der Waals surface area contributed by atoms with E-state index in [1.54, 1.807) is 0 Å². The predicted octanol–water partition coefficient (Wildman–Crippen LogP) is 2.97. The van der Waals surface area contributed by atoms with Gasteiger partial charge in [0.15, 0.2) is 0 Å². The minimum atomic E-state index is -0.163. The summed E-state index contributed by atoms with van der Waals surface area (Å²) in [5.41, 5.74) is 1.17. The van der Waals surface area contributed by atoms with Gasteiger partial charge in [0.25, 0.3) is 0 Å². The molecule has 0 saturated heterocycles. The van der Waals surface area contributed by atoms with Crippen molar-refractivity contribution in [2.45, 2.75) is 26.8 Å². The molecule has 0 spiro atoms. The van der Waals surface area contributed by atoms with Crippen LogP contribution in [0, 0.1) is 0 Å². The highest BCUT2D eigenvalue weighted by Gasteiger charge is 2.12.